The minimum atomic E-state index is -0.0153. The van der Waals surface area contributed by atoms with E-state index in [1.807, 2.05) is 11.0 Å². The van der Waals surface area contributed by atoms with Gasteiger partial charge in [0.05, 0.1) is 18.1 Å². The number of piperidine rings is 1. The number of likely N-dealkylation sites (tertiary alicyclic amines) is 1. The van der Waals surface area contributed by atoms with Crippen molar-refractivity contribution >= 4 is 22.7 Å². The normalized spacial score (nSPS) is 14.8. The number of fused-ring (bicyclic) bond motifs is 1. The highest BCUT2D eigenvalue weighted by Crippen LogP contribution is 2.28. The van der Waals surface area contributed by atoms with Crippen molar-refractivity contribution in [3.63, 3.8) is 0 Å². The third-order valence-corrected chi connectivity index (χ3v) is 5.87. The summed E-state index contributed by atoms with van der Waals surface area (Å²) in [5, 5.41) is 0. The monoisotopic (exact) mass is 405 g/mol. The summed E-state index contributed by atoms with van der Waals surface area (Å²) in [4.78, 5) is 35.0. The zero-order valence-corrected chi connectivity index (χ0v) is 17.5. The molecule has 1 aromatic heterocycles. The fraction of sp³-hybridized carbons (Fsp3) is 0.375. The molecule has 0 bridgehead atoms. The van der Waals surface area contributed by atoms with E-state index in [-0.39, 0.29) is 24.5 Å². The van der Waals surface area contributed by atoms with E-state index in [0.717, 1.165) is 29.7 Å². The molecule has 2 aromatic carbocycles. The zero-order chi connectivity index (χ0) is 21.1. The summed E-state index contributed by atoms with van der Waals surface area (Å²) in [6.07, 6.45) is 2.25. The summed E-state index contributed by atoms with van der Waals surface area (Å²) in [6, 6.07) is 13.2. The molecule has 0 saturated carbocycles. The first-order valence-corrected chi connectivity index (χ1v) is 10.4. The number of ketones is 1. The maximum absolute atomic E-state index is 12.6. The second-order valence-corrected chi connectivity index (χ2v) is 7.95. The number of imidazole rings is 1. The van der Waals surface area contributed by atoms with Crippen LogP contribution in [0.4, 0.5) is 0 Å². The van der Waals surface area contributed by atoms with Crippen LogP contribution in [-0.2, 0) is 4.79 Å². The number of aryl methyl sites for hydroxylation is 1. The minimum absolute atomic E-state index is 0.0153. The first-order valence-electron chi connectivity index (χ1n) is 10.4. The molecule has 1 N–H and O–H groups in total. The van der Waals surface area contributed by atoms with Gasteiger partial charge in [-0.2, -0.15) is 0 Å². The molecule has 1 saturated heterocycles. The number of carbonyl (C=O) groups is 2. The van der Waals surface area contributed by atoms with Crippen LogP contribution in [0, 0.1) is 6.92 Å². The van der Waals surface area contributed by atoms with Crippen LogP contribution in [0.3, 0.4) is 0 Å². The van der Waals surface area contributed by atoms with Crippen LogP contribution in [0.1, 0.15) is 53.3 Å². The van der Waals surface area contributed by atoms with Crippen LogP contribution in [-0.4, -0.2) is 46.8 Å². The van der Waals surface area contributed by atoms with Crippen LogP contribution in [0.2, 0.25) is 0 Å². The zero-order valence-electron chi connectivity index (χ0n) is 17.5. The Bertz CT molecular complexity index is 1050. The van der Waals surface area contributed by atoms with Crippen molar-refractivity contribution in [2.24, 2.45) is 0 Å². The Morgan fingerprint density at radius 1 is 1.10 bits per heavy atom. The van der Waals surface area contributed by atoms with Gasteiger partial charge in [-0.1, -0.05) is 6.07 Å². The highest BCUT2D eigenvalue weighted by molar-refractivity contribution is 5.98. The molecule has 2 heterocycles. The van der Waals surface area contributed by atoms with Crippen LogP contribution >= 0.6 is 0 Å². The van der Waals surface area contributed by atoms with E-state index in [4.69, 9.17) is 9.72 Å². The van der Waals surface area contributed by atoms with Gasteiger partial charge in [-0.25, -0.2) is 4.98 Å². The largest absolute Gasteiger partial charge is 0.497 e. The van der Waals surface area contributed by atoms with E-state index in [0.29, 0.717) is 30.3 Å². The van der Waals surface area contributed by atoms with Crippen molar-refractivity contribution in [1.29, 1.82) is 0 Å². The number of benzene rings is 2. The Balaban J connectivity index is 1.28. The van der Waals surface area contributed by atoms with Gasteiger partial charge in [-0.05, 0) is 61.7 Å². The molecule has 1 amide bonds. The standard InChI is InChI=1S/C24H27N3O3/c1-16-3-8-20-21(15-16)26-24(25-20)18-11-13-27(14-12-18)23(29)10-9-22(28)17-4-6-19(30-2)7-5-17/h3-8,15,18H,9-14H2,1-2H3,(H,25,26). The number of rotatable bonds is 6. The lowest BCUT2D eigenvalue weighted by Gasteiger charge is -2.31. The third-order valence-electron chi connectivity index (χ3n) is 5.87. The fourth-order valence-electron chi connectivity index (χ4n) is 4.04. The van der Waals surface area contributed by atoms with Gasteiger partial charge in [0.25, 0.3) is 0 Å². The average Bonchev–Trinajstić information content (AvgIpc) is 3.20. The first kappa shape index (κ1) is 20.1. The van der Waals surface area contributed by atoms with Crippen molar-refractivity contribution in [2.75, 3.05) is 20.2 Å². The number of carbonyl (C=O) groups excluding carboxylic acids is 2. The third kappa shape index (κ3) is 4.37. The summed E-state index contributed by atoms with van der Waals surface area (Å²) in [5.74, 6) is 2.10. The molecule has 6 nitrogen and oxygen atoms in total. The summed E-state index contributed by atoms with van der Waals surface area (Å²) in [5.41, 5.74) is 3.89. The predicted octanol–water partition coefficient (Wildman–Crippen LogP) is 4.25. The summed E-state index contributed by atoms with van der Waals surface area (Å²) in [6.45, 7) is 3.48. The molecule has 0 unspecified atom stereocenters. The topological polar surface area (TPSA) is 75.3 Å². The Morgan fingerprint density at radius 3 is 2.53 bits per heavy atom. The van der Waals surface area contributed by atoms with Gasteiger partial charge in [0, 0.05) is 37.4 Å². The van der Waals surface area contributed by atoms with Crippen molar-refractivity contribution in [3.05, 3.63) is 59.4 Å². The predicted molar refractivity (Wildman–Crippen MR) is 116 cm³/mol. The molecule has 0 aliphatic carbocycles. The molecular weight excluding hydrogens is 378 g/mol. The average molecular weight is 405 g/mol. The second-order valence-electron chi connectivity index (χ2n) is 7.95. The van der Waals surface area contributed by atoms with Crippen LogP contribution < -0.4 is 4.74 Å². The molecule has 0 spiro atoms. The summed E-state index contributed by atoms with van der Waals surface area (Å²) >= 11 is 0. The number of Topliss-reactive ketones (excluding diaryl/α,β-unsaturated/α-hetero) is 1. The summed E-state index contributed by atoms with van der Waals surface area (Å²) < 4.78 is 5.11. The van der Waals surface area contributed by atoms with E-state index < -0.39 is 0 Å². The number of methoxy groups -OCH3 is 1. The minimum Gasteiger partial charge on any atom is -0.497 e. The highest BCUT2D eigenvalue weighted by atomic mass is 16.5. The lowest BCUT2D eigenvalue weighted by Crippen LogP contribution is -2.38. The molecular formula is C24H27N3O3. The number of aromatic nitrogens is 2. The van der Waals surface area contributed by atoms with E-state index >= 15 is 0 Å². The van der Waals surface area contributed by atoms with Gasteiger partial charge >= 0.3 is 0 Å². The Hall–Kier alpha value is -3.15. The number of aromatic amines is 1. The van der Waals surface area contributed by atoms with Gasteiger partial charge < -0.3 is 14.6 Å². The molecule has 30 heavy (non-hydrogen) atoms. The highest BCUT2D eigenvalue weighted by Gasteiger charge is 2.26. The van der Waals surface area contributed by atoms with Gasteiger partial charge in [-0.15, -0.1) is 0 Å². The number of nitrogens with one attached hydrogen (secondary N) is 1. The number of H-pyrrole nitrogens is 1. The number of nitrogens with zero attached hydrogens (tertiary/aromatic N) is 2. The SMILES string of the molecule is COc1ccc(C(=O)CCC(=O)N2CCC(c3nc4ccc(C)cc4[nH]3)CC2)cc1. The molecule has 3 aromatic rings. The number of ether oxygens (including phenoxy) is 1. The molecule has 0 radical (unpaired) electrons. The molecule has 4 rings (SSSR count). The Morgan fingerprint density at radius 2 is 1.83 bits per heavy atom. The number of hydrogen-bond acceptors (Lipinski definition) is 4. The van der Waals surface area contributed by atoms with Crippen LogP contribution in [0.5, 0.6) is 5.75 Å². The van der Waals surface area contributed by atoms with E-state index in [9.17, 15) is 9.59 Å². The Kier molecular flexibility index (Phi) is 5.84. The van der Waals surface area contributed by atoms with Gasteiger partial charge in [-0.3, -0.25) is 9.59 Å². The smallest absolute Gasteiger partial charge is 0.223 e. The number of amides is 1. The van der Waals surface area contributed by atoms with E-state index in [2.05, 4.69) is 24.0 Å². The molecule has 1 aliphatic heterocycles. The van der Waals surface area contributed by atoms with Crippen molar-refractivity contribution in [2.45, 2.75) is 38.5 Å². The van der Waals surface area contributed by atoms with Gasteiger partial charge in [0.2, 0.25) is 5.91 Å². The van der Waals surface area contributed by atoms with Crippen LogP contribution in [0.15, 0.2) is 42.5 Å². The first-order chi connectivity index (χ1) is 14.5. The summed E-state index contributed by atoms with van der Waals surface area (Å²) in [7, 11) is 1.59. The molecule has 1 aliphatic rings. The molecule has 6 heteroatoms. The maximum atomic E-state index is 12.6. The molecule has 1 fully saturated rings. The lowest BCUT2D eigenvalue weighted by atomic mass is 9.95. The quantitative estimate of drug-likeness (QED) is 0.622. The molecule has 156 valence electrons. The fourth-order valence-corrected chi connectivity index (χ4v) is 4.04. The lowest BCUT2D eigenvalue weighted by molar-refractivity contribution is -0.132. The van der Waals surface area contributed by atoms with Gasteiger partial charge in [0.15, 0.2) is 5.78 Å². The van der Waals surface area contributed by atoms with Crippen molar-refractivity contribution in [3.8, 4) is 5.75 Å². The van der Waals surface area contributed by atoms with E-state index in [1.54, 1.807) is 31.4 Å². The number of hydrogen-bond donors (Lipinski definition) is 1. The Labute approximate surface area is 176 Å². The maximum Gasteiger partial charge on any atom is 0.223 e. The van der Waals surface area contributed by atoms with E-state index in [1.165, 1.54) is 5.56 Å². The second kappa shape index (κ2) is 8.69. The van der Waals surface area contributed by atoms with Crippen molar-refractivity contribution in [1.82, 2.24) is 14.9 Å². The van der Waals surface area contributed by atoms with Crippen LogP contribution in [0.25, 0.3) is 11.0 Å². The molecule has 0 atom stereocenters. The van der Waals surface area contributed by atoms with Gasteiger partial charge in [0.1, 0.15) is 11.6 Å². The van der Waals surface area contributed by atoms with Crippen molar-refractivity contribution < 1.29 is 14.3 Å².